The fourth-order valence-corrected chi connectivity index (χ4v) is 1.20. The summed E-state index contributed by atoms with van der Waals surface area (Å²) in [6.07, 6.45) is 1.68. The van der Waals surface area contributed by atoms with Crippen LogP contribution in [0.4, 0.5) is 5.82 Å². The minimum absolute atomic E-state index is 0.124. The molecule has 15 heavy (non-hydrogen) atoms. The van der Waals surface area contributed by atoms with Crippen molar-refractivity contribution in [3.63, 3.8) is 0 Å². The first-order chi connectivity index (χ1) is 7.15. The van der Waals surface area contributed by atoms with Crippen molar-refractivity contribution in [2.75, 3.05) is 25.0 Å². The van der Waals surface area contributed by atoms with Gasteiger partial charge in [0, 0.05) is 6.20 Å². The summed E-state index contributed by atoms with van der Waals surface area (Å²) in [6, 6.07) is 3.45. The molecule has 0 aliphatic rings. The molecular formula is C9H14N4O2. The number of nitrogens with two attached hydrogens (primary N) is 1. The van der Waals surface area contributed by atoms with Crippen LogP contribution in [0.25, 0.3) is 0 Å². The van der Waals surface area contributed by atoms with Gasteiger partial charge in [-0.25, -0.2) is 0 Å². The normalized spacial score (nSPS) is 9.93. The van der Waals surface area contributed by atoms with E-state index < -0.39 is 5.91 Å². The van der Waals surface area contributed by atoms with E-state index in [1.807, 2.05) is 0 Å². The second-order valence-electron chi connectivity index (χ2n) is 3.03. The zero-order chi connectivity index (χ0) is 11.3. The summed E-state index contributed by atoms with van der Waals surface area (Å²) in [6.45, 7) is 0.0350. The van der Waals surface area contributed by atoms with Gasteiger partial charge in [-0.3, -0.25) is 14.5 Å². The minimum Gasteiger partial charge on any atom is -0.368 e. The van der Waals surface area contributed by atoms with Crippen molar-refractivity contribution in [2.45, 2.75) is 0 Å². The minimum atomic E-state index is -0.547. The topological polar surface area (TPSA) is 91.2 Å². The maximum Gasteiger partial charge on any atom is 0.242 e. The molecule has 0 aliphatic heterocycles. The number of aromatic nitrogens is 1. The third kappa shape index (κ3) is 3.10. The predicted molar refractivity (Wildman–Crippen MR) is 56.3 cm³/mol. The van der Waals surface area contributed by atoms with Gasteiger partial charge in [0.05, 0.1) is 6.54 Å². The Morgan fingerprint density at radius 1 is 1.60 bits per heavy atom. The lowest BCUT2D eigenvalue weighted by molar-refractivity contribution is -0.121. The Morgan fingerprint density at radius 3 is 2.80 bits per heavy atom. The molecule has 0 atom stereocenters. The Balaban J connectivity index is 2.78. The number of H-pyrrole nitrogens is 1. The van der Waals surface area contributed by atoms with E-state index in [4.69, 9.17) is 5.73 Å². The number of nitrogens with zero attached hydrogens (tertiary/aromatic N) is 1. The van der Waals surface area contributed by atoms with Crippen molar-refractivity contribution in [3.8, 4) is 0 Å². The molecular weight excluding hydrogens is 196 g/mol. The van der Waals surface area contributed by atoms with E-state index in [1.165, 1.54) is 4.90 Å². The first kappa shape index (κ1) is 11.3. The van der Waals surface area contributed by atoms with E-state index >= 15 is 0 Å². The van der Waals surface area contributed by atoms with Crippen molar-refractivity contribution < 1.29 is 9.59 Å². The van der Waals surface area contributed by atoms with Gasteiger partial charge in [-0.05, 0) is 19.2 Å². The van der Waals surface area contributed by atoms with Gasteiger partial charge in [0.1, 0.15) is 12.4 Å². The smallest absolute Gasteiger partial charge is 0.242 e. The molecule has 1 heterocycles. The second-order valence-corrected chi connectivity index (χ2v) is 3.03. The van der Waals surface area contributed by atoms with Crippen molar-refractivity contribution in [1.29, 1.82) is 0 Å². The summed E-state index contributed by atoms with van der Waals surface area (Å²) >= 11 is 0. The number of aromatic amines is 1. The maximum atomic E-state index is 11.6. The van der Waals surface area contributed by atoms with E-state index in [1.54, 1.807) is 25.4 Å². The summed E-state index contributed by atoms with van der Waals surface area (Å²) in [7, 11) is 1.66. The molecule has 0 fully saturated rings. The van der Waals surface area contributed by atoms with Crippen LogP contribution in [0.1, 0.15) is 0 Å². The Morgan fingerprint density at radius 2 is 2.33 bits per heavy atom. The van der Waals surface area contributed by atoms with Crippen LogP contribution in [0.2, 0.25) is 0 Å². The summed E-state index contributed by atoms with van der Waals surface area (Å²) < 4.78 is 0. The number of amides is 2. The molecule has 1 aromatic heterocycles. The van der Waals surface area contributed by atoms with Gasteiger partial charge in [-0.2, -0.15) is 0 Å². The second kappa shape index (κ2) is 5.16. The average molecular weight is 210 g/mol. The SMILES string of the molecule is CNCC(=O)N(CC(N)=O)c1ccc[nH]1. The average Bonchev–Trinajstić information content (AvgIpc) is 2.66. The summed E-state index contributed by atoms with van der Waals surface area (Å²) in [4.78, 5) is 26.6. The molecule has 0 unspecified atom stereocenters. The number of primary amides is 1. The highest BCUT2D eigenvalue weighted by atomic mass is 16.2. The lowest BCUT2D eigenvalue weighted by Gasteiger charge is -2.19. The molecule has 0 radical (unpaired) electrons. The highest BCUT2D eigenvalue weighted by Gasteiger charge is 2.17. The molecule has 0 spiro atoms. The number of nitrogens with one attached hydrogen (secondary N) is 2. The Hall–Kier alpha value is -1.82. The first-order valence-electron chi connectivity index (χ1n) is 4.52. The monoisotopic (exact) mass is 210 g/mol. The van der Waals surface area contributed by atoms with Crippen molar-refractivity contribution in [1.82, 2.24) is 10.3 Å². The van der Waals surface area contributed by atoms with Crippen LogP contribution >= 0.6 is 0 Å². The number of hydrogen-bond acceptors (Lipinski definition) is 3. The van der Waals surface area contributed by atoms with Crippen LogP contribution in [0.5, 0.6) is 0 Å². The van der Waals surface area contributed by atoms with E-state index in [2.05, 4.69) is 10.3 Å². The number of rotatable bonds is 5. The Kier molecular flexibility index (Phi) is 3.87. The van der Waals surface area contributed by atoms with Crippen LogP contribution in [0, 0.1) is 0 Å². The number of carbonyl (C=O) groups excluding carboxylic acids is 2. The quantitative estimate of drug-likeness (QED) is 0.585. The standard InChI is InChI=1S/C9H14N4O2/c1-11-5-9(15)13(6-7(10)14)8-3-2-4-12-8/h2-4,11-12H,5-6H2,1H3,(H2,10,14). The molecule has 0 bridgehead atoms. The molecule has 6 nitrogen and oxygen atoms in total. The van der Waals surface area contributed by atoms with Crippen molar-refractivity contribution >= 4 is 17.6 Å². The maximum absolute atomic E-state index is 11.6. The van der Waals surface area contributed by atoms with Gasteiger partial charge in [0.25, 0.3) is 0 Å². The molecule has 4 N–H and O–H groups in total. The highest BCUT2D eigenvalue weighted by molar-refractivity contribution is 5.98. The lowest BCUT2D eigenvalue weighted by atomic mass is 10.4. The van der Waals surface area contributed by atoms with E-state index in [0.717, 1.165) is 0 Å². The molecule has 82 valence electrons. The van der Waals surface area contributed by atoms with E-state index in [9.17, 15) is 9.59 Å². The number of anilines is 1. The third-order valence-electron chi connectivity index (χ3n) is 1.82. The van der Waals surface area contributed by atoms with Gasteiger partial charge in [-0.1, -0.05) is 0 Å². The first-order valence-corrected chi connectivity index (χ1v) is 4.52. The molecule has 2 amide bonds. The zero-order valence-corrected chi connectivity index (χ0v) is 8.49. The molecule has 0 aliphatic carbocycles. The molecule has 1 rings (SSSR count). The van der Waals surface area contributed by atoms with Gasteiger partial charge >= 0.3 is 0 Å². The summed E-state index contributed by atoms with van der Waals surface area (Å²) in [5.74, 6) is -0.193. The largest absolute Gasteiger partial charge is 0.368 e. The Bertz CT molecular complexity index is 334. The van der Waals surface area contributed by atoms with Crippen LogP contribution in [0.15, 0.2) is 18.3 Å². The van der Waals surface area contributed by atoms with Gasteiger partial charge in [0.2, 0.25) is 11.8 Å². The number of carbonyl (C=O) groups is 2. The van der Waals surface area contributed by atoms with Crippen LogP contribution in [0.3, 0.4) is 0 Å². The predicted octanol–water partition coefficient (Wildman–Crippen LogP) is -0.948. The van der Waals surface area contributed by atoms with E-state index in [0.29, 0.717) is 5.82 Å². The number of hydrogen-bond donors (Lipinski definition) is 3. The van der Waals surface area contributed by atoms with Crippen molar-refractivity contribution in [3.05, 3.63) is 18.3 Å². The van der Waals surface area contributed by atoms with Gasteiger partial charge in [-0.15, -0.1) is 0 Å². The van der Waals surface area contributed by atoms with E-state index in [-0.39, 0.29) is 19.0 Å². The lowest BCUT2D eigenvalue weighted by Crippen LogP contribution is -2.42. The van der Waals surface area contributed by atoms with Crippen LogP contribution in [-0.2, 0) is 9.59 Å². The molecule has 0 saturated carbocycles. The molecule has 0 saturated heterocycles. The molecule has 1 aromatic rings. The van der Waals surface area contributed by atoms with Crippen LogP contribution < -0.4 is 16.0 Å². The Labute approximate surface area is 87.4 Å². The molecule has 6 heteroatoms. The molecule has 0 aromatic carbocycles. The summed E-state index contributed by atoms with van der Waals surface area (Å²) in [5, 5.41) is 2.73. The van der Waals surface area contributed by atoms with Gasteiger partial charge < -0.3 is 16.0 Å². The fraction of sp³-hybridized carbons (Fsp3) is 0.333. The zero-order valence-electron chi connectivity index (χ0n) is 8.49. The van der Waals surface area contributed by atoms with Crippen LogP contribution in [-0.4, -0.2) is 36.9 Å². The highest BCUT2D eigenvalue weighted by Crippen LogP contribution is 2.09. The number of likely N-dealkylation sites (N-methyl/N-ethyl adjacent to an activating group) is 1. The summed E-state index contributed by atoms with van der Waals surface area (Å²) in [5.41, 5.74) is 5.07. The fourth-order valence-electron chi connectivity index (χ4n) is 1.20. The van der Waals surface area contributed by atoms with Gasteiger partial charge in [0.15, 0.2) is 0 Å². The third-order valence-corrected chi connectivity index (χ3v) is 1.82. The van der Waals surface area contributed by atoms with Crippen molar-refractivity contribution in [2.24, 2.45) is 5.73 Å².